The van der Waals surface area contributed by atoms with Gasteiger partial charge in [-0.2, -0.15) is 0 Å². The molecule has 0 saturated carbocycles. The fourth-order valence-electron chi connectivity index (χ4n) is 3.60. The summed E-state index contributed by atoms with van der Waals surface area (Å²) >= 11 is 8.43. The van der Waals surface area contributed by atoms with Crippen molar-refractivity contribution in [3.8, 4) is 5.75 Å². The molecule has 0 fully saturated rings. The molecule has 5 nitrogen and oxygen atoms in total. The van der Waals surface area contributed by atoms with E-state index in [2.05, 4.69) is 27.9 Å². The lowest BCUT2D eigenvalue weighted by Gasteiger charge is -2.33. The second-order valence-electron chi connectivity index (χ2n) is 9.34. The molecular weight excluding hydrogens is 575 g/mol. The smallest absolute Gasteiger partial charge is 0.261 e. The Morgan fingerprint density at radius 2 is 1.63 bits per heavy atom. The van der Waals surface area contributed by atoms with Crippen LogP contribution in [-0.4, -0.2) is 34.9 Å². The number of nitrogens with one attached hydrogen (secondary N) is 1. The molecule has 0 aliphatic rings. The lowest BCUT2D eigenvalue weighted by molar-refractivity contribution is -0.143. The van der Waals surface area contributed by atoms with Gasteiger partial charge in [-0.15, -0.1) is 0 Å². The zero-order valence-electron chi connectivity index (χ0n) is 20.1. The van der Waals surface area contributed by atoms with E-state index in [1.807, 2.05) is 93.6 Å². The van der Waals surface area contributed by atoms with E-state index in [1.165, 1.54) is 0 Å². The summed E-state index contributed by atoms with van der Waals surface area (Å²) in [7, 11) is 0. The Kier molecular flexibility index (Phi) is 9.57. The van der Waals surface area contributed by atoms with E-state index in [0.29, 0.717) is 17.2 Å². The van der Waals surface area contributed by atoms with Crippen LogP contribution in [0, 0.1) is 3.57 Å². The van der Waals surface area contributed by atoms with Gasteiger partial charge in [0.15, 0.2) is 6.61 Å². The maximum Gasteiger partial charge on any atom is 0.261 e. The molecule has 0 spiro atoms. The molecule has 0 aliphatic heterocycles. The van der Waals surface area contributed by atoms with Gasteiger partial charge in [-0.3, -0.25) is 9.59 Å². The number of nitrogens with zero attached hydrogens (tertiary/aromatic N) is 1. The van der Waals surface area contributed by atoms with Crippen LogP contribution in [0.2, 0.25) is 5.02 Å². The van der Waals surface area contributed by atoms with Crippen molar-refractivity contribution in [1.29, 1.82) is 0 Å². The molecule has 3 rings (SSSR count). The molecule has 0 aliphatic carbocycles. The van der Waals surface area contributed by atoms with Crippen molar-refractivity contribution in [3.63, 3.8) is 0 Å². The van der Waals surface area contributed by atoms with Crippen molar-refractivity contribution in [2.24, 2.45) is 0 Å². The zero-order chi connectivity index (χ0) is 25.4. The number of rotatable bonds is 9. The van der Waals surface area contributed by atoms with E-state index in [9.17, 15) is 9.59 Å². The van der Waals surface area contributed by atoms with Gasteiger partial charge in [0.2, 0.25) is 5.91 Å². The van der Waals surface area contributed by atoms with Crippen molar-refractivity contribution >= 4 is 46.0 Å². The van der Waals surface area contributed by atoms with E-state index in [0.717, 1.165) is 14.7 Å². The fraction of sp³-hybridized carbons (Fsp3) is 0.286. The summed E-state index contributed by atoms with van der Waals surface area (Å²) < 4.78 is 6.87. The quantitative estimate of drug-likeness (QED) is 0.311. The second kappa shape index (κ2) is 12.4. The van der Waals surface area contributed by atoms with E-state index < -0.39 is 11.6 Å². The van der Waals surface area contributed by atoms with Gasteiger partial charge in [0.05, 0.1) is 0 Å². The van der Waals surface area contributed by atoms with E-state index >= 15 is 0 Å². The minimum atomic E-state index is -0.733. The molecule has 184 valence electrons. The molecular formula is C28H30ClIN2O3. The molecule has 0 unspecified atom stereocenters. The summed E-state index contributed by atoms with van der Waals surface area (Å²) in [5, 5.41) is 3.62. The molecule has 0 heterocycles. The molecule has 0 bridgehead atoms. The molecule has 35 heavy (non-hydrogen) atoms. The predicted molar refractivity (Wildman–Crippen MR) is 148 cm³/mol. The minimum absolute atomic E-state index is 0.185. The molecule has 3 aromatic rings. The summed E-state index contributed by atoms with van der Waals surface area (Å²) in [6.07, 6.45) is 0.374. The Morgan fingerprint density at radius 1 is 0.971 bits per heavy atom. The third-order valence-corrected chi connectivity index (χ3v) is 6.14. The highest BCUT2D eigenvalue weighted by atomic mass is 127. The lowest BCUT2D eigenvalue weighted by Crippen LogP contribution is -2.55. The van der Waals surface area contributed by atoms with Gasteiger partial charge in [-0.25, -0.2) is 0 Å². The van der Waals surface area contributed by atoms with E-state index in [-0.39, 0.29) is 25.0 Å². The highest BCUT2D eigenvalue weighted by Gasteiger charge is 2.32. The number of halogens is 2. The average molecular weight is 605 g/mol. The van der Waals surface area contributed by atoms with E-state index in [1.54, 1.807) is 11.0 Å². The molecule has 7 heteroatoms. The number of carbonyl (C=O) groups excluding carboxylic acids is 2. The Bertz CT molecular complexity index is 1130. The largest absolute Gasteiger partial charge is 0.484 e. The third kappa shape index (κ3) is 8.85. The third-order valence-electron chi connectivity index (χ3n) is 5.19. The van der Waals surface area contributed by atoms with Crippen molar-refractivity contribution in [2.75, 3.05) is 6.61 Å². The first-order valence-electron chi connectivity index (χ1n) is 11.4. The Hall–Kier alpha value is -2.58. The maximum absolute atomic E-state index is 13.6. The second-order valence-corrected chi connectivity index (χ2v) is 11.0. The summed E-state index contributed by atoms with van der Waals surface area (Å²) in [6, 6.07) is 23.8. The highest BCUT2D eigenvalue weighted by molar-refractivity contribution is 14.1. The molecule has 0 radical (unpaired) electrons. The van der Waals surface area contributed by atoms with Gasteiger partial charge in [0, 0.05) is 27.1 Å². The van der Waals surface area contributed by atoms with Crippen LogP contribution < -0.4 is 10.1 Å². The first-order chi connectivity index (χ1) is 16.6. The SMILES string of the molecule is CC(C)(C)NC(=O)[C@@H](Cc1ccccc1)N(Cc1cccc(Cl)c1)C(=O)COc1ccc(I)cc1. The Labute approximate surface area is 226 Å². The molecule has 0 saturated heterocycles. The first kappa shape index (κ1) is 27.0. The van der Waals surface area contributed by atoms with Gasteiger partial charge in [0.1, 0.15) is 11.8 Å². The summed E-state index contributed by atoms with van der Waals surface area (Å²) in [5.41, 5.74) is 1.35. The van der Waals surface area contributed by atoms with E-state index in [4.69, 9.17) is 16.3 Å². The van der Waals surface area contributed by atoms with Crippen LogP contribution in [0.1, 0.15) is 31.9 Å². The first-order valence-corrected chi connectivity index (χ1v) is 12.8. The summed E-state index contributed by atoms with van der Waals surface area (Å²) in [5.74, 6) is 0.0970. The molecule has 2 amide bonds. The van der Waals surface area contributed by atoms with Crippen LogP contribution >= 0.6 is 34.2 Å². The van der Waals surface area contributed by atoms with Crippen LogP contribution in [0.25, 0.3) is 0 Å². The summed E-state index contributed by atoms with van der Waals surface area (Å²) in [4.78, 5) is 28.7. The monoisotopic (exact) mass is 604 g/mol. The standard InChI is InChI=1S/C28H30ClIN2O3/c1-28(2,3)31-27(34)25(17-20-8-5-4-6-9-20)32(18-21-10-7-11-22(29)16-21)26(33)19-35-24-14-12-23(30)13-15-24/h4-16,25H,17-19H2,1-3H3,(H,31,34)/t25-/m1/s1. The average Bonchev–Trinajstić information content (AvgIpc) is 2.80. The van der Waals surface area contributed by atoms with Crippen LogP contribution in [0.3, 0.4) is 0 Å². The van der Waals surface area contributed by atoms with Crippen molar-refractivity contribution in [1.82, 2.24) is 10.2 Å². The highest BCUT2D eigenvalue weighted by Crippen LogP contribution is 2.19. The van der Waals surface area contributed by atoms with Gasteiger partial charge < -0.3 is 15.0 Å². The molecule has 3 aromatic carbocycles. The zero-order valence-corrected chi connectivity index (χ0v) is 23.0. The number of ether oxygens (including phenoxy) is 1. The van der Waals surface area contributed by atoms with Crippen molar-refractivity contribution in [3.05, 3.63) is 98.6 Å². The number of carbonyl (C=O) groups is 2. The molecule has 1 N–H and O–H groups in total. The number of amides is 2. The minimum Gasteiger partial charge on any atom is -0.484 e. The number of benzene rings is 3. The fourth-order valence-corrected chi connectivity index (χ4v) is 4.17. The van der Waals surface area contributed by atoms with Crippen LogP contribution in [0.15, 0.2) is 78.9 Å². The molecule has 0 aromatic heterocycles. The number of hydrogen-bond acceptors (Lipinski definition) is 3. The van der Waals surface area contributed by atoms with Gasteiger partial charge >= 0.3 is 0 Å². The molecule has 1 atom stereocenters. The predicted octanol–water partition coefficient (Wildman–Crippen LogP) is 5.88. The van der Waals surface area contributed by atoms with Crippen LogP contribution in [0.4, 0.5) is 0 Å². The van der Waals surface area contributed by atoms with Gasteiger partial charge in [0.25, 0.3) is 5.91 Å². The number of hydrogen-bond donors (Lipinski definition) is 1. The Balaban J connectivity index is 1.92. The Morgan fingerprint density at radius 3 is 2.26 bits per heavy atom. The normalized spacial score (nSPS) is 12.0. The van der Waals surface area contributed by atoms with Crippen LogP contribution in [0.5, 0.6) is 5.75 Å². The lowest BCUT2D eigenvalue weighted by atomic mass is 10.0. The van der Waals surface area contributed by atoms with Gasteiger partial charge in [-0.1, -0.05) is 54.1 Å². The van der Waals surface area contributed by atoms with Crippen molar-refractivity contribution in [2.45, 2.75) is 45.3 Å². The summed E-state index contributed by atoms with van der Waals surface area (Å²) in [6.45, 7) is 5.81. The van der Waals surface area contributed by atoms with Crippen LogP contribution in [-0.2, 0) is 22.6 Å². The maximum atomic E-state index is 13.6. The van der Waals surface area contributed by atoms with Crippen molar-refractivity contribution < 1.29 is 14.3 Å². The topological polar surface area (TPSA) is 58.6 Å². The van der Waals surface area contributed by atoms with Gasteiger partial charge in [-0.05, 0) is 90.9 Å².